The van der Waals surface area contributed by atoms with Crippen LogP contribution < -0.4 is 10.6 Å². The van der Waals surface area contributed by atoms with Crippen LogP contribution in [0.2, 0.25) is 0 Å². The van der Waals surface area contributed by atoms with Gasteiger partial charge in [-0.05, 0) is 48.7 Å². The molecule has 0 saturated heterocycles. The Morgan fingerprint density at radius 2 is 1.50 bits per heavy atom. The average molecular weight is 418 g/mol. The molecule has 160 valence electrons. The summed E-state index contributed by atoms with van der Waals surface area (Å²) in [5.74, 6) is -3.95. The Labute approximate surface area is 171 Å². The topological polar surface area (TPSA) is 176 Å². The molecule has 0 aliphatic carbocycles. The highest BCUT2D eigenvalue weighted by Crippen LogP contribution is 2.25. The second-order valence-electron chi connectivity index (χ2n) is 6.53. The van der Waals surface area contributed by atoms with Gasteiger partial charge in [0.05, 0.1) is 0 Å². The summed E-state index contributed by atoms with van der Waals surface area (Å²) in [6.45, 7) is 0.236. The molecule has 0 radical (unpaired) electrons. The number of carbonyl (C=O) groups excluding carboxylic acids is 2. The number of aromatic hydroxyl groups is 4. The fourth-order valence-electron chi connectivity index (χ4n) is 2.60. The van der Waals surface area contributed by atoms with Crippen molar-refractivity contribution in [3.63, 3.8) is 0 Å². The molecule has 0 aliphatic heterocycles. The van der Waals surface area contributed by atoms with Crippen LogP contribution in [0.1, 0.15) is 28.8 Å². The number of aliphatic carboxylic acids is 1. The first-order valence-corrected chi connectivity index (χ1v) is 9.00. The van der Waals surface area contributed by atoms with Crippen molar-refractivity contribution in [2.75, 3.05) is 6.54 Å². The third kappa shape index (κ3) is 6.30. The zero-order valence-electron chi connectivity index (χ0n) is 15.8. The van der Waals surface area contributed by atoms with E-state index in [1.54, 1.807) is 6.07 Å². The van der Waals surface area contributed by atoms with Crippen molar-refractivity contribution >= 4 is 17.8 Å². The summed E-state index contributed by atoms with van der Waals surface area (Å²) >= 11 is 0. The van der Waals surface area contributed by atoms with Gasteiger partial charge in [-0.3, -0.25) is 9.59 Å². The maximum absolute atomic E-state index is 12.1. The number of benzene rings is 2. The van der Waals surface area contributed by atoms with Crippen molar-refractivity contribution in [1.82, 2.24) is 10.6 Å². The zero-order valence-corrected chi connectivity index (χ0v) is 15.8. The molecule has 0 aromatic heterocycles. The van der Waals surface area contributed by atoms with E-state index in [-0.39, 0.29) is 36.4 Å². The van der Waals surface area contributed by atoms with Gasteiger partial charge in [0.1, 0.15) is 6.04 Å². The fraction of sp³-hybridized carbons (Fsp3) is 0.250. The van der Waals surface area contributed by atoms with Crippen molar-refractivity contribution < 1.29 is 39.9 Å². The zero-order chi connectivity index (χ0) is 22.3. The van der Waals surface area contributed by atoms with Crippen molar-refractivity contribution in [3.05, 3.63) is 47.5 Å². The van der Waals surface area contributed by atoms with Crippen molar-refractivity contribution in [1.29, 1.82) is 0 Å². The molecule has 2 amide bonds. The second kappa shape index (κ2) is 10.0. The Hall–Kier alpha value is -3.95. The van der Waals surface area contributed by atoms with Crippen LogP contribution >= 0.6 is 0 Å². The average Bonchev–Trinajstić information content (AvgIpc) is 2.69. The van der Waals surface area contributed by atoms with Gasteiger partial charge in [0.15, 0.2) is 23.0 Å². The Balaban J connectivity index is 1.82. The molecule has 2 rings (SSSR count). The van der Waals surface area contributed by atoms with E-state index in [1.807, 2.05) is 0 Å². The van der Waals surface area contributed by atoms with Gasteiger partial charge in [-0.25, -0.2) is 4.79 Å². The monoisotopic (exact) mass is 418 g/mol. The third-order valence-electron chi connectivity index (χ3n) is 4.28. The molecule has 1 unspecified atom stereocenters. The van der Waals surface area contributed by atoms with E-state index < -0.39 is 35.3 Å². The number of hydrogen-bond acceptors (Lipinski definition) is 7. The number of carbonyl (C=O) groups is 3. The van der Waals surface area contributed by atoms with Crippen LogP contribution in [-0.4, -0.2) is 55.9 Å². The summed E-state index contributed by atoms with van der Waals surface area (Å²) in [5.41, 5.74) is 0.650. The van der Waals surface area contributed by atoms with Crippen LogP contribution in [0.5, 0.6) is 23.0 Å². The lowest BCUT2D eigenvalue weighted by Gasteiger charge is -2.15. The van der Waals surface area contributed by atoms with E-state index in [1.165, 1.54) is 18.2 Å². The molecule has 10 heteroatoms. The smallest absolute Gasteiger partial charge is 0.326 e. The number of phenols is 4. The van der Waals surface area contributed by atoms with E-state index in [0.717, 1.165) is 12.1 Å². The second-order valence-corrected chi connectivity index (χ2v) is 6.53. The standard InChI is InChI=1S/C20H22N2O8/c23-14-4-1-11(9-16(14)25)7-8-21-18(27)6-3-13(20(29)30)22-19(28)12-2-5-15(24)17(26)10-12/h1-2,4-5,9-10,13,23-26H,3,6-8H2,(H,21,27)(H,22,28)(H,29,30). The first-order chi connectivity index (χ1) is 14.2. The minimum atomic E-state index is -1.33. The molecular formula is C20H22N2O8. The molecule has 0 spiro atoms. The summed E-state index contributed by atoms with van der Waals surface area (Å²) in [6.07, 6.45) is 0.0822. The predicted molar refractivity (Wildman–Crippen MR) is 104 cm³/mol. The Morgan fingerprint density at radius 3 is 2.10 bits per heavy atom. The Morgan fingerprint density at radius 1 is 0.867 bits per heavy atom. The Bertz CT molecular complexity index is 944. The minimum Gasteiger partial charge on any atom is -0.504 e. The Kier molecular flexibility index (Phi) is 7.45. The summed E-state index contributed by atoms with van der Waals surface area (Å²) in [7, 11) is 0. The summed E-state index contributed by atoms with van der Waals surface area (Å²) < 4.78 is 0. The van der Waals surface area contributed by atoms with Gasteiger partial charge in [-0.1, -0.05) is 6.07 Å². The summed E-state index contributed by atoms with van der Waals surface area (Å²) in [6, 6.07) is 6.29. The van der Waals surface area contributed by atoms with Gasteiger partial charge in [0.2, 0.25) is 5.91 Å². The molecule has 30 heavy (non-hydrogen) atoms. The van der Waals surface area contributed by atoms with E-state index >= 15 is 0 Å². The molecule has 0 bridgehead atoms. The molecule has 0 fully saturated rings. The summed E-state index contributed by atoms with van der Waals surface area (Å²) in [4.78, 5) is 35.5. The van der Waals surface area contributed by atoms with Crippen LogP contribution in [0.3, 0.4) is 0 Å². The van der Waals surface area contributed by atoms with E-state index in [9.17, 15) is 39.9 Å². The number of carboxylic acids is 1. The summed E-state index contributed by atoms with van der Waals surface area (Å²) in [5, 5.41) is 51.6. The molecule has 2 aromatic rings. The number of phenolic OH excluding ortho intramolecular Hbond substituents is 4. The lowest BCUT2D eigenvalue weighted by molar-refractivity contribution is -0.139. The van der Waals surface area contributed by atoms with E-state index in [0.29, 0.717) is 12.0 Å². The molecule has 1 atom stereocenters. The van der Waals surface area contributed by atoms with Gasteiger partial charge in [0, 0.05) is 18.5 Å². The quantitative estimate of drug-likeness (QED) is 0.293. The maximum Gasteiger partial charge on any atom is 0.326 e. The van der Waals surface area contributed by atoms with Gasteiger partial charge in [-0.2, -0.15) is 0 Å². The normalized spacial score (nSPS) is 11.5. The van der Waals surface area contributed by atoms with Gasteiger partial charge < -0.3 is 36.2 Å². The number of hydrogen-bond donors (Lipinski definition) is 7. The number of carboxylic acid groups (broad SMARTS) is 1. The third-order valence-corrected chi connectivity index (χ3v) is 4.28. The predicted octanol–water partition coefficient (Wildman–Crippen LogP) is 0.831. The highest BCUT2D eigenvalue weighted by atomic mass is 16.4. The highest BCUT2D eigenvalue weighted by Gasteiger charge is 2.22. The first-order valence-electron chi connectivity index (χ1n) is 9.00. The SMILES string of the molecule is O=C(CCC(NC(=O)c1ccc(O)c(O)c1)C(=O)O)NCCc1ccc(O)c(O)c1. The van der Waals surface area contributed by atoms with Crippen LogP contribution in [0.25, 0.3) is 0 Å². The molecular weight excluding hydrogens is 396 g/mol. The molecule has 7 N–H and O–H groups in total. The number of amides is 2. The number of rotatable bonds is 9. The lowest BCUT2D eigenvalue weighted by atomic mass is 10.1. The molecule has 0 saturated carbocycles. The lowest BCUT2D eigenvalue weighted by Crippen LogP contribution is -2.41. The molecule has 0 heterocycles. The van der Waals surface area contributed by atoms with Crippen LogP contribution in [0.4, 0.5) is 0 Å². The maximum atomic E-state index is 12.1. The molecule has 2 aromatic carbocycles. The van der Waals surface area contributed by atoms with E-state index in [2.05, 4.69) is 10.6 Å². The van der Waals surface area contributed by atoms with Crippen molar-refractivity contribution in [3.8, 4) is 23.0 Å². The first kappa shape index (κ1) is 22.3. The van der Waals surface area contributed by atoms with Crippen molar-refractivity contribution in [2.45, 2.75) is 25.3 Å². The molecule has 0 aliphatic rings. The largest absolute Gasteiger partial charge is 0.504 e. The molecule has 10 nitrogen and oxygen atoms in total. The van der Waals surface area contributed by atoms with Crippen LogP contribution in [-0.2, 0) is 16.0 Å². The fourth-order valence-corrected chi connectivity index (χ4v) is 2.60. The number of nitrogens with one attached hydrogen (secondary N) is 2. The van der Waals surface area contributed by atoms with Crippen LogP contribution in [0, 0.1) is 0 Å². The van der Waals surface area contributed by atoms with E-state index in [4.69, 9.17) is 0 Å². The van der Waals surface area contributed by atoms with Gasteiger partial charge >= 0.3 is 5.97 Å². The highest BCUT2D eigenvalue weighted by molar-refractivity contribution is 5.97. The van der Waals surface area contributed by atoms with Crippen LogP contribution in [0.15, 0.2) is 36.4 Å². The van der Waals surface area contributed by atoms with Gasteiger partial charge in [0.25, 0.3) is 5.91 Å². The van der Waals surface area contributed by atoms with Gasteiger partial charge in [-0.15, -0.1) is 0 Å². The minimum absolute atomic E-state index is 0.0434. The van der Waals surface area contributed by atoms with Crippen molar-refractivity contribution in [2.24, 2.45) is 0 Å².